The van der Waals surface area contributed by atoms with E-state index < -0.39 is 0 Å². The molecule has 1 atom stereocenters. The lowest BCUT2D eigenvalue weighted by molar-refractivity contribution is -0.105. The first-order valence-electron chi connectivity index (χ1n) is 5.63. The molecule has 1 heterocycles. The lowest BCUT2D eigenvalue weighted by Crippen LogP contribution is -2.52. The Hall–Kier alpha value is -0.380. The van der Waals surface area contributed by atoms with Crippen LogP contribution in [-0.2, 0) is 9.47 Å². The summed E-state index contributed by atoms with van der Waals surface area (Å²) in [5, 5.41) is 0. The Morgan fingerprint density at radius 1 is 1.53 bits per heavy atom. The molecule has 0 aromatic heterocycles. The fourth-order valence-corrected chi connectivity index (χ4v) is 2.11. The third-order valence-electron chi connectivity index (χ3n) is 3.30. The van der Waals surface area contributed by atoms with E-state index in [-0.39, 0.29) is 11.6 Å². The highest BCUT2D eigenvalue weighted by molar-refractivity contribution is 4.96. The molecular formula is C12H23NO2. The van der Waals surface area contributed by atoms with Crippen LogP contribution in [0.2, 0.25) is 0 Å². The highest BCUT2D eigenvalue weighted by Gasteiger charge is 2.38. The van der Waals surface area contributed by atoms with Gasteiger partial charge in [0.05, 0.1) is 5.60 Å². The summed E-state index contributed by atoms with van der Waals surface area (Å²) in [5.41, 5.74) is 7.23. The second-order valence-electron chi connectivity index (χ2n) is 4.48. The summed E-state index contributed by atoms with van der Waals surface area (Å²) in [6, 6.07) is 0.0862. The average molecular weight is 213 g/mol. The van der Waals surface area contributed by atoms with E-state index in [1.807, 2.05) is 6.92 Å². The third kappa shape index (κ3) is 3.30. The van der Waals surface area contributed by atoms with Crippen LogP contribution < -0.4 is 5.73 Å². The Bertz CT molecular complexity index is 210. The molecule has 1 fully saturated rings. The number of hydrogen-bond donors (Lipinski definition) is 1. The number of methoxy groups -OCH3 is 1. The first kappa shape index (κ1) is 12.7. The normalized spacial score (nSPS) is 22.3. The molecule has 88 valence electrons. The topological polar surface area (TPSA) is 44.5 Å². The molecular weight excluding hydrogens is 190 g/mol. The van der Waals surface area contributed by atoms with Crippen molar-refractivity contribution in [1.82, 2.24) is 0 Å². The van der Waals surface area contributed by atoms with E-state index in [9.17, 15) is 0 Å². The summed E-state index contributed by atoms with van der Waals surface area (Å²) in [6.45, 7) is 7.45. The molecule has 15 heavy (non-hydrogen) atoms. The average Bonchev–Trinajstić information content (AvgIpc) is 2.26. The molecule has 0 radical (unpaired) electrons. The molecule has 0 bridgehead atoms. The summed E-state index contributed by atoms with van der Waals surface area (Å²) in [5.74, 6) is 0. The van der Waals surface area contributed by atoms with Crippen LogP contribution in [0.15, 0.2) is 12.2 Å². The minimum Gasteiger partial charge on any atom is -0.381 e. The van der Waals surface area contributed by atoms with Gasteiger partial charge in [-0.25, -0.2) is 0 Å². The molecule has 0 aromatic carbocycles. The van der Waals surface area contributed by atoms with Gasteiger partial charge in [-0.05, 0) is 19.8 Å². The van der Waals surface area contributed by atoms with E-state index in [4.69, 9.17) is 15.2 Å². The molecule has 1 aliphatic heterocycles. The van der Waals surface area contributed by atoms with Crippen LogP contribution in [0.1, 0.15) is 32.6 Å². The van der Waals surface area contributed by atoms with Crippen molar-refractivity contribution in [3.63, 3.8) is 0 Å². The van der Waals surface area contributed by atoms with Gasteiger partial charge in [0.25, 0.3) is 0 Å². The van der Waals surface area contributed by atoms with Gasteiger partial charge in [0.2, 0.25) is 0 Å². The van der Waals surface area contributed by atoms with Crippen LogP contribution >= 0.6 is 0 Å². The molecule has 0 saturated carbocycles. The number of ether oxygens (including phenoxy) is 2. The van der Waals surface area contributed by atoms with E-state index in [0.717, 1.165) is 38.9 Å². The number of allylic oxidation sites excluding steroid dienone is 1. The highest BCUT2D eigenvalue weighted by atomic mass is 16.5. The van der Waals surface area contributed by atoms with Crippen LogP contribution in [0, 0.1) is 0 Å². The molecule has 1 saturated heterocycles. The van der Waals surface area contributed by atoms with Gasteiger partial charge in [-0.3, -0.25) is 0 Å². The predicted octanol–water partition coefficient (Wildman–Crippen LogP) is 1.87. The van der Waals surface area contributed by atoms with Crippen molar-refractivity contribution in [1.29, 1.82) is 0 Å². The van der Waals surface area contributed by atoms with E-state index >= 15 is 0 Å². The first-order chi connectivity index (χ1) is 7.10. The van der Waals surface area contributed by atoms with Gasteiger partial charge in [0.1, 0.15) is 0 Å². The Labute approximate surface area is 92.6 Å². The third-order valence-corrected chi connectivity index (χ3v) is 3.30. The maximum Gasteiger partial charge on any atom is 0.0872 e. The van der Waals surface area contributed by atoms with Gasteiger partial charge in [0, 0.05) is 39.2 Å². The molecule has 1 rings (SSSR count). The largest absolute Gasteiger partial charge is 0.381 e. The van der Waals surface area contributed by atoms with E-state index in [0.29, 0.717) is 0 Å². The highest BCUT2D eigenvalue weighted by Crippen LogP contribution is 2.29. The smallest absolute Gasteiger partial charge is 0.0872 e. The van der Waals surface area contributed by atoms with Crippen molar-refractivity contribution >= 4 is 0 Å². The van der Waals surface area contributed by atoms with Gasteiger partial charge in [-0.2, -0.15) is 0 Å². The van der Waals surface area contributed by atoms with Gasteiger partial charge < -0.3 is 15.2 Å². The number of hydrogen-bond acceptors (Lipinski definition) is 3. The lowest BCUT2D eigenvalue weighted by Gasteiger charge is -2.40. The second-order valence-corrected chi connectivity index (χ2v) is 4.48. The van der Waals surface area contributed by atoms with Crippen molar-refractivity contribution in [3.05, 3.63) is 12.2 Å². The molecule has 0 spiro atoms. The van der Waals surface area contributed by atoms with Crippen LogP contribution in [0.25, 0.3) is 0 Å². The number of nitrogens with two attached hydrogens (primary N) is 1. The molecule has 2 N–H and O–H groups in total. The van der Waals surface area contributed by atoms with Gasteiger partial charge >= 0.3 is 0 Å². The zero-order valence-electron chi connectivity index (χ0n) is 9.92. The lowest BCUT2D eigenvalue weighted by atomic mass is 9.83. The molecule has 0 aromatic rings. The van der Waals surface area contributed by atoms with Crippen LogP contribution in [0.3, 0.4) is 0 Å². The van der Waals surface area contributed by atoms with Crippen LogP contribution in [0.5, 0.6) is 0 Å². The van der Waals surface area contributed by atoms with Crippen LogP contribution in [0.4, 0.5) is 0 Å². The van der Waals surface area contributed by atoms with Gasteiger partial charge in [0.15, 0.2) is 0 Å². The number of rotatable bonds is 5. The Morgan fingerprint density at radius 3 is 2.60 bits per heavy atom. The summed E-state index contributed by atoms with van der Waals surface area (Å²) in [7, 11) is 1.76. The minimum absolute atomic E-state index is 0.0862. The van der Waals surface area contributed by atoms with E-state index in [1.165, 1.54) is 5.57 Å². The molecule has 0 aliphatic carbocycles. The van der Waals surface area contributed by atoms with Crippen molar-refractivity contribution in [2.45, 2.75) is 44.2 Å². The van der Waals surface area contributed by atoms with Gasteiger partial charge in [-0.15, -0.1) is 6.58 Å². The second kappa shape index (κ2) is 5.64. The summed E-state index contributed by atoms with van der Waals surface area (Å²) in [6.07, 6.45) is 3.73. The molecule has 1 aliphatic rings. The molecule has 3 heteroatoms. The van der Waals surface area contributed by atoms with Crippen molar-refractivity contribution in [3.8, 4) is 0 Å². The molecule has 1 unspecified atom stereocenters. The molecule has 0 amide bonds. The van der Waals surface area contributed by atoms with Gasteiger partial charge in [-0.1, -0.05) is 5.57 Å². The maximum absolute atomic E-state index is 6.22. The van der Waals surface area contributed by atoms with Crippen molar-refractivity contribution in [2.75, 3.05) is 20.3 Å². The monoisotopic (exact) mass is 213 g/mol. The Morgan fingerprint density at radius 2 is 2.13 bits per heavy atom. The standard InChI is InChI=1S/C12H23NO2/c1-10(2)4-5-11(13)12(14-3)6-8-15-9-7-12/h11H,1,4-9,13H2,2-3H3. The fraction of sp³-hybridized carbons (Fsp3) is 0.833. The Balaban J connectivity index is 2.51. The summed E-state index contributed by atoms with van der Waals surface area (Å²) >= 11 is 0. The Kier molecular flexibility index (Phi) is 4.77. The van der Waals surface area contributed by atoms with Crippen molar-refractivity contribution < 1.29 is 9.47 Å². The first-order valence-corrected chi connectivity index (χ1v) is 5.63. The predicted molar refractivity (Wildman–Crippen MR) is 61.8 cm³/mol. The fourth-order valence-electron chi connectivity index (χ4n) is 2.11. The quantitative estimate of drug-likeness (QED) is 0.709. The SMILES string of the molecule is C=C(C)CCC(N)C1(OC)CCOCC1. The molecule has 3 nitrogen and oxygen atoms in total. The maximum atomic E-state index is 6.22. The van der Waals surface area contributed by atoms with E-state index in [1.54, 1.807) is 7.11 Å². The van der Waals surface area contributed by atoms with E-state index in [2.05, 4.69) is 6.58 Å². The summed E-state index contributed by atoms with van der Waals surface area (Å²) < 4.78 is 11.0. The zero-order valence-corrected chi connectivity index (χ0v) is 9.92. The summed E-state index contributed by atoms with van der Waals surface area (Å²) in [4.78, 5) is 0. The minimum atomic E-state index is -0.173. The zero-order chi connectivity index (χ0) is 11.3. The van der Waals surface area contributed by atoms with Crippen LogP contribution in [-0.4, -0.2) is 32.0 Å². The van der Waals surface area contributed by atoms with Crippen molar-refractivity contribution in [2.24, 2.45) is 5.73 Å².